The minimum absolute atomic E-state index is 0.841. The molecule has 0 atom stereocenters. The van der Waals surface area contributed by atoms with Crippen molar-refractivity contribution in [2.75, 3.05) is 29.9 Å². The summed E-state index contributed by atoms with van der Waals surface area (Å²) in [7, 11) is 0. The number of nitrogens with one attached hydrogen (secondary N) is 1. The van der Waals surface area contributed by atoms with Gasteiger partial charge >= 0.3 is 0 Å². The largest absolute Gasteiger partial charge is 0.382 e. The summed E-state index contributed by atoms with van der Waals surface area (Å²) >= 11 is 10.6. The van der Waals surface area contributed by atoms with E-state index in [0.717, 1.165) is 40.0 Å². The van der Waals surface area contributed by atoms with E-state index in [9.17, 15) is 0 Å². The fourth-order valence-electron chi connectivity index (χ4n) is 1.78. The Kier molecular flexibility index (Phi) is 5.35. The van der Waals surface area contributed by atoms with Crippen molar-refractivity contribution in [3.8, 4) is 0 Å². The highest BCUT2D eigenvalue weighted by molar-refractivity contribution is 7.74. The SMILES string of the molecule is CCCCNc1c(N(CC)CC)c(=S)c1=S. The van der Waals surface area contributed by atoms with Crippen LogP contribution in [0.3, 0.4) is 0 Å². The third-order valence-corrected chi connectivity index (χ3v) is 3.73. The second-order valence-electron chi connectivity index (χ2n) is 3.83. The fourth-order valence-corrected chi connectivity index (χ4v) is 2.37. The maximum Gasteiger partial charge on any atom is 0.0834 e. The standard InChI is InChI=1S/C12H20N2S2/c1-4-7-8-13-9-10(12(16)11(9)15)14(5-2)6-3/h13H,4-8H2,1-3H3. The molecule has 0 saturated heterocycles. The number of nitrogens with zero attached hydrogens (tertiary/aromatic N) is 1. The molecule has 0 spiro atoms. The van der Waals surface area contributed by atoms with Crippen LogP contribution in [0.15, 0.2) is 0 Å². The molecule has 1 N–H and O–H groups in total. The van der Waals surface area contributed by atoms with Crippen LogP contribution in [0.1, 0.15) is 33.6 Å². The van der Waals surface area contributed by atoms with Crippen LogP contribution in [0.25, 0.3) is 0 Å². The molecule has 0 unspecified atom stereocenters. The smallest absolute Gasteiger partial charge is 0.0834 e. The summed E-state index contributed by atoms with van der Waals surface area (Å²) < 4.78 is 1.70. The first-order chi connectivity index (χ1) is 7.67. The Morgan fingerprint density at radius 3 is 2.19 bits per heavy atom. The van der Waals surface area contributed by atoms with Crippen molar-refractivity contribution < 1.29 is 0 Å². The van der Waals surface area contributed by atoms with E-state index in [4.69, 9.17) is 24.4 Å². The van der Waals surface area contributed by atoms with Crippen molar-refractivity contribution in [1.82, 2.24) is 0 Å². The number of unbranched alkanes of at least 4 members (excludes halogenated alkanes) is 1. The summed E-state index contributed by atoms with van der Waals surface area (Å²) in [4.78, 5) is 2.27. The van der Waals surface area contributed by atoms with Crippen LogP contribution in [0.2, 0.25) is 0 Å². The Morgan fingerprint density at radius 1 is 1.06 bits per heavy atom. The lowest BCUT2D eigenvalue weighted by Gasteiger charge is -2.27. The second kappa shape index (κ2) is 6.30. The van der Waals surface area contributed by atoms with E-state index in [1.165, 1.54) is 12.8 Å². The Hall–Kier alpha value is -0.480. The molecule has 4 heteroatoms. The average Bonchev–Trinajstić information content (AvgIpc) is 2.32. The number of hydrogen-bond acceptors (Lipinski definition) is 4. The van der Waals surface area contributed by atoms with E-state index in [1.807, 2.05) is 0 Å². The molecule has 0 fully saturated rings. The van der Waals surface area contributed by atoms with Gasteiger partial charge in [-0.2, -0.15) is 0 Å². The minimum Gasteiger partial charge on any atom is -0.382 e. The third kappa shape index (κ3) is 2.61. The van der Waals surface area contributed by atoms with Gasteiger partial charge in [0.05, 0.1) is 20.4 Å². The zero-order valence-corrected chi connectivity index (χ0v) is 11.9. The van der Waals surface area contributed by atoms with Gasteiger partial charge in [0, 0.05) is 19.6 Å². The van der Waals surface area contributed by atoms with Gasteiger partial charge in [-0.1, -0.05) is 37.8 Å². The van der Waals surface area contributed by atoms with Crippen molar-refractivity contribution >= 4 is 35.8 Å². The Balaban J connectivity index is 2.81. The second-order valence-corrected chi connectivity index (χ2v) is 4.65. The molecule has 0 aliphatic carbocycles. The molecule has 0 aliphatic heterocycles. The maximum atomic E-state index is 5.31. The van der Waals surface area contributed by atoms with E-state index in [-0.39, 0.29) is 0 Å². The summed E-state index contributed by atoms with van der Waals surface area (Å²) in [5, 5.41) is 3.41. The van der Waals surface area contributed by atoms with E-state index < -0.39 is 0 Å². The van der Waals surface area contributed by atoms with Crippen molar-refractivity contribution in [3.63, 3.8) is 0 Å². The topological polar surface area (TPSA) is 15.3 Å². The minimum atomic E-state index is 0.841. The Bertz CT molecular complexity index is 401. The first-order valence-electron chi connectivity index (χ1n) is 5.99. The van der Waals surface area contributed by atoms with E-state index >= 15 is 0 Å². The molecular weight excluding hydrogens is 236 g/mol. The van der Waals surface area contributed by atoms with Crippen LogP contribution in [0.4, 0.5) is 11.4 Å². The monoisotopic (exact) mass is 256 g/mol. The molecule has 2 nitrogen and oxygen atoms in total. The lowest BCUT2D eigenvalue weighted by molar-refractivity contribution is 0.826. The number of anilines is 2. The zero-order chi connectivity index (χ0) is 12.1. The summed E-state index contributed by atoms with van der Waals surface area (Å²) in [6.07, 6.45) is 2.36. The van der Waals surface area contributed by atoms with Gasteiger partial charge in [0.25, 0.3) is 0 Å². The lowest BCUT2D eigenvalue weighted by Crippen LogP contribution is -2.25. The molecule has 0 amide bonds. The molecular formula is C12H20N2S2. The van der Waals surface area contributed by atoms with Crippen LogP contribution in [-0.4, -0.2) is 19.6 Å². The molecule has 90 valence electrons. The third-order valence-electron chi connectivity index (χ3n) is 2.80. The van der Waals surface area contributed by atoms with Gasteiger partial charge in [-0.15, -0.1) is 0 Å². The van der Waals surface area contributed by atoms with E-state index in [0.29, 0.717) is 0 Å². The van der Waals surface area contributed by atoms with Crippen LogP contribution < -0.4 is 10.2 Å². The highest BCUT2D eigenvalue weighted by Gasteiger charge is 2.18. The Labute approximate surface area is 108 Å². The molecule has 1 rings (SSSR count). The highest BCUT2D eigenvalue weighted by atomic mass is 32.1. The number of rotatable bonds is 7. The van der Waals surface area contributed by atoms with Gasteiger partial charge in [-0.05, 0) is 20.3 Å². The zero-order valence-electron chi connectivity index (χ0n) is 10.3. The van der Waals surface area contributed by atoms with Crippen LogP contribution in [0, 0.1) is 9.02 Å². The van der Waals surface area contributed by atoms with Crippen molar-refractivity contribution in [3.05, 3.63) is 9.02 Å². The first kappa shape index (κ1) is 13.6. The maximum absolute atomic E-state index is 5.31. The average molecular weight is 256 g/mol. The van der Waals surface area contributed by atoms with Gasteiger partial charge < -0.3 is 10.2 Å². The summed E-state index contributed by atoms with van der Waals surface area (Å²) in [6, 6.07) is 0. The fraction of sp³-hybridized carbons (Fsp3) is 0.667. The van der Waals surface area contributed by atoms with Gasteiger partial charge in [-0.3, -0.25) is 0 Å². The predicted octanol–water partition coefficient (Wildman–Crippen LogP) is 4.08. The normalized spacial score (nSPS) is 10.7. The van der Waals surface area contributed by atoms with Crippen molar-refractivity contribution in [2.45, 2.75) is 33.6 Å². The van der Waals surface area contributed by atoms with E-state index in [2.05, 4.69) is 31.0 Å². The molecule has 1 aromatic carbocycles. The molecule has 0 heterocycles. The van der Waals surface area contributed by atoms with Crippen molar-refractivity contribution in [2.24, 2.45) is 0 Å². The molecule has 0 saturated carbocycles. The molecule has 0 radical (unpaired) electrons. The van der Waals surface area contributed by atoms with E-state index in [1.54, 1.807) is 0 Å². The highest BCUT2D eigenvalue weighted by Crippen LogP contribution is 2.35. The first-order valence-corrected chi connectivity index (χ1v) is 6.81. The molecule has 1 aromatic rings. The van der Waals surface area contributed by atoms with Crippen LogP contribution in [0.5, 0.6) is 0 Å². The number of hydrogen-bond donors (Lipinski definition) is 1. The van der Waals surface area contributed by atoms with Crippen LogP contribution >= 0.6 is 24.4 Å². The van der Waals surface area contributed by atoms with Gasteiger partial charge in [0.1, 0.15) is 0 Å². The summed E-state index contributed by atoms with van der Waals surface area (Å²) in [6.45, 7) is 9.42. The van der Waals surface area contributed by atoms with Gasteiger partial charge in [0.2, 0.25) is 0 Å². The van der Waals surface area contributed by atoms with Crippen LogP contribution in [-0.2, 0) is 0 Å². The quantitative estimate of drug-likeness (QED) is 0.584. The molecule has 0 aliphatic rings. The Morgan fingerprint density at radius 2 is 1.69 bits per heavy atom. The lowest BCUT2D eigenvalue weighted by atomic mass is 10.2. The molecule has 0 aromatic heterocycles. The summed E-state index contributed by atoms with van der Waals surface area (Å²) in [5.74, 6) is 0. The summed E-state index contributed by atoms with van der Waals surface area (Å²) in [5.41, 5.74) is 2.25. The predicted molar refractivity (Wildman–Crippen MR) is 77.4 cm³/mol. The van der Waals surface area contributed by atoms with Gasteiger partial charge in [0.15, 0.2) is 0 Å². The molecule has 16 heavy (non-hydrogen) atoms. The molecule has 0 bridgehead atoms. The van der Waals surface area contributed by atoms with Crippen molar-refractivity contribution in [1.29, 1.82) is 0 Å². The van der Waals surface area contributed by atoms with Gasteiger partial charge in [-0.25, -0.2) is 0 Å².